The van der Waals surface area contributed by atoms with Gasteiger partial charge in [0, 0.05) is 44.1 Å². The van der Waals surface area contributed by atoms with Gasteiger partial charge >= 0.3 is 0 Å². The highest BCUT2D eigenvalue weighted by Crippen LogP contribution is 2.51. The number of furan rings is 1. The van der Waals surface area contributed by atoms with Gasteiger partial charge in [0.05, 0.1) is 5.69 Å². The van der Waals surface area contributed by atoms with E-state index in [1.165, 1.54) is 37.9 Å². The van der Waals surface area contributed by atoms with Crippen molar-refractivity contribution in [1.82, 2.24) is 0 Å². The third kappa shape index (κ3) is 4.72. The third-order valence-corrected chi connectivity index (χ3v) is 11.7. The van der Waals surface area contributed by atoms with Gasteiger partial charge in [-0.25, -0.2) is 0 Å². The van der Waals surface area contributed by atoms with E-state index in [9.17, 15) is 0 Å². The molecule has 0 radical (unpaired) electrons. The van der Waals surface area contributed by atoms with Crippen molar-refractivity contribution in [2.24, 2.45) is 0 Å². The van der Waals surface area contributed by atoms with Gasteiger partial charge < -0.3 is 9.32 Å². The zero-order valence-corrected chi connectivity index (χ0v) is 27.7. The van der Waals surface area contributed by atoms with Crippen molar-refractivity contribution < 1.29 is 4.42 Å². The summed E-state index contributed by atoms with van der Waals surface area (Å²) in [6, 6.07) is 46.2. The molecule has 2 nitrogen and oxygen atoms in total. The van der Waals surface area contributed by atoms with Crippen LogP contribution in [0.1, 0.15) is 29.4 Å². The van der Waals surface area contributed by atoms with Crippen molar-refractivity contribution in [3.05, 3.63) is 187 Å². The Labute approximate surface area is 290 Å². The number of anilines is 2. The normalized spacial score (nSPS) is 19.3. The molecule has 3 unspecified atom stereocenters. The predicted molar refractivity (Wildman–Crippen MR) is 207 cm³/mol. The Morgan fingerprint density at radius 2 is 1.49 bits per heavy atom. The Kier molecular flexibility index (Phi) is 6.73. The summed E-state index contributed by atoms with van der Waals surface area (Å²) >= 11 is 1.97. The first-order valence-electron chi connectivity index (χ1n) is 17.1. The lowest BCUT2D eigenvalue weighted by atomic mass is 9.91. The summed E-state index contributed by atoms with van der Waals surface area (Å²) in [5.41, 5.74) is 10.3. The summed E-state index contributed by atoms with van der Waals surface area (Å²) in [7, 11) is 0. The van der Waals surface area contributed by atoms with Crippen LogP contribution in [0.3, 0.4) is 0 Å². The second kappa shape index (κ2) is 11.6. The van der Waals surface area contributed by atoms with E-state index in [4.69, 9.17) is 4.42 Å². The van der Waals surface area contributed by atoms with Crippen molar-refractivity contribution >= 4 is 55.8 Å². The molecule has 2 aliphatic carbocycles. The van der Waals surface area contributed by atoms with Crippen molar-refractivity contribution in [2.75, 3.05) is 4.90 Å². The van der Waals surface area contributed by atoms with Crippen LogP contribution < -0.4 is 4.90 Å². The molecular weight excluding hydrogens is 615 g/mol. The standard InChI is InChI=1S/C46H33NOS/c1-3-12-30(13-4-1)31-22-24-33(25-23-31)47(34-26-27-37-36-17-9-10-21-43(36)49-44(37)28-34)41-20-11-19-39-45-38-18-8-7-16-35(38)40(29-42(45)48-46(39)41)32-14-5-2-6-15-32/h1-12,14-30,37,44H,13H2. The molecule has 0 fully saturated rings. The minimum Gasteiger partial charge on any atom is -0.454 e. The summed E-state index contributed by atoms with van der Waals surface area (Å²) < 4.78 is 6.99. The van der Waals surface area contributed by atoms with Crippen molar-refractivity contribution in [3.8, 4) is 11.1 Å². The maximum atomic E-state index is 6.99. The Balaban J connectivity index is 1.16. The van der Waals surface area contributed by atoms with Crippen molar-refractivity contribution in [2.45, 2.75) is 28.4 Å². The summed E-state index contributed by atoms with van der Waals surface area (Å²) in [4.78, 5) is 3.78. The third-order valence-electron chi connectivity index (χ3n) is 10.3. The van der Waals surface area contributed by atoms with Crippen LogP contribution in [0.25, 0.3) is 43.8 Å². The van der Waals surface area contributed by atoms with Crippen molar-refractivity contribution in [1.29, 1.82) is 0 Å². The average molecular weight is 648 g/mol. The average Bonchev–Trinajstić information content (AvgIpc) is 3.74. The van der Waals surface area contributed by atoms with Crippen LogP contribution in [-0.2, 0) is 0 Å². The molecule has 0 bridgehead atoms. The second-order valence-corrected chi connectivity index (χ2v) is 14.4. The highest BCUT2D eigenvalue weighted by atomic mass is 32.2. The van der Waals surface area contributed by atoms with E-state index in [0.717, 1.165) is 45.4 Å². The smallest absolute Gasteiger partial charge is 0.159 e. The van der Waals surface area contributed by atoms with E-state index in [-0.39, 0.29) is 0 Å². The van der Waals surface area contributed by atoms with Crippen LogP contribution in [0.4, 0.5) is 11.4 Å². The Morgan fingerprint density at radius 3 is 2.35 bits per heavy atom. The lowest BCUT2D eigenvalue weighted by Crippen LogP contribution is -2.20. The van der Waals surface area contributed by atoms with Gasteiger partial charge in [0.25, 0.3) is 0 Å². The fourth-order valence-electron chi connectivity index (χ4n) is 7.99. The topological polar surface area (TPSA) is 16.4 Å². The van der Waals surface area contributed by atoms with Gasteiger partial charge in [-0.2, -0.15) is 0 Å². The lowest BCUT2D eigenvalue weighted by molar-refractivity contribution is 0.669. The zero-order valence-electron chi connectivity index (χ0n) is 26.9. The van der Waals surface area contributed by atoms with Gasteiger partial charge in [0.1, 0.15) is 5.58 Å². The van der Waals surface area contributed by atoms with E-state index in [2.05, 4.69) is 175 Å². The zero-order chi connectivity index (χ0) is 32.3. The predicted octanol–water partition coefficient (Wildman–Crippen LogP) is 12.9. The number of para-hydroxylation sites is 1. The molecule has 0 N–H and O–H groups in total. The van der Waals surface area contributed by atoms with Crippen LogP contribution >= 0.6 is 11.8 Å². The first-order chi connectivity index (χ1) is 24.3. The Bertz CT molecular complexity index is 2520. The van der Waals surface area contributed by atoms with Gasteiger partial charge in [0.15, 0.2) is 5.58 Å². The quantitative estimate of drug-likeness (QED) is 0.185. The number of fused-ring (bicyclic) bond motifs is 8. The molecule has 7 aromatic rings. The first kappa shape index (κ1) is 28.5. The molecule has 6 aromatic carbocycles. The molecule has 1 aromatic heterocycles. The maximum absolute atomic E-state index is 6.99. The molecule has 49 heavy (non-hydrogen) atoms. The van der Waals surface area contributed by atoms with Gasteiger partial charge in [-0.1, -0.05) is 127 Å². The number of thioether (sulfide) groups is 1. The van der Waals surface area contributed by atoms with Crippen LogP contribution in [0, 0.1) is 0 Å². The Morgan fingerprint density at radius 1 is 0.694 bits per heavy atom. The van der Waals surface area contributed by atoms with Crippen molar-refractivity contribution in [3.63, 3.8) is 0 Å². The van der Waals surface area contributed by atoms with E-state index in [0.29, 0.717) is 17.1 Å². The minimum absolute atomic E-state index is 0.339. The molecule has 3 heteroatoms. The number of nitrogens with zero attached hydrogens (tertiary/aromatic N) is 1. The molecule has 0 amide bonds. The molecule has 10 rings (SSSR count). The number of hydrogen-bond donors (Lipinski definition) is 0. The molecule has 3 aliphatic rings. The van der Waals surface area contributed by atoms with E-state index < -0.39 is 0 Å². The molecule has 0 spiro atoms. The first-order valence-corrected chi connectivity index (χ1v) is 18.0. The maximum Gasteiger partial charge on any atom is 0.159 e. The van der Waals surface area contributed by atoms with Gasteiger partial charge in [0.2, 0.25) is 0 Å². The summed E-state index contributed by atoms with van der Waals surface area (Å²) in [6.07, 6.45) is 17.1. The minimum atomic E-state index is 0.339. The summed E-state index contributed by atoms with van der Waals surface area (Å²) in [6.45, 7) is 0. The Hall–Kier alpha value is -5.51. The van der Waals surface area contributed by atoms with Gasteiger partial charge in [-0.05, 0) is 81.9 Å². The summed E-state index contributed by atoms with van der Waals surface area (Å²) in [5, 5.41) is 5.07. The molecule has 2 heterocycles. The van der Waals surface area contributed by atoms with Gasteiger partial charge in [-0.3, -0.25) is 0 Å². The fraction of sp³-hybridized carbons (Fsp3) is 0.0870. The molecular formula is C46H33NOS. The molecule has 0 saturated carbocycles. The molecule has 3 atom stereocenters. The number of hydrogen-bond acceptors (Lipinski definition) is 3. The number of benzene rings is 6. The summed E-state index contributed by atoms with van der Waals surface area (Å²) in [5.74, 6) is 0.784. The second-order valence-electron chi connectivity index (χ2n) is 13.1. The molecule has 0 saturated heterocycles. The fourth-order valence-corrected chi connectivity index (χ4v) is 9.37. The van der Waals surface area contributed by atoms with E-state index >= 15 is 0 Å². The SMILES string of the molecule is C1=CCC(c2ccc(N(C3=CC4Sc5ccccc5C4C=C3)c3cccc4c3oc3cc(-c5ccccc5)c5ccccc5c34)cc2)C=C1. The molecule has 234 valence electrons. The molecule has 1 aliphatic heterocycles. The van der Waals surface area contributed by atoms with Crippen LogP contribution in [0.5, 0.6) is 0 Å². The van der Waals surface area contributed by atoms with Crippen LogP contribution in [0.15, 0.2) is 185 Å². The highest BCUT2D eigenvalue weighted by molar-refractivity contribution is 8.00. The van der Waals surface area contributed by atoms with E-state index in [1.54, 1.807) is 0 Å². The number of allylic oxidation sites excluding steroid dienone is 6. The largest absolute Gasteiger partial charge is 0.454 e. The monoisotopic (exact) mass is 647 g/mol. The van der Waals surface area contributed by atoms with Crippen LogP contribution in [-0.4, -0.2) is 5.25 Å². The van der Waals surface area contributed by atoms with Crippen LogP contribution in [0.2, 0.25) is 0 Å². The number of rotatable bonds is 5. The lowest BCUT2D eigenvalue weighted by Gasteiger charge is -2.30. The highest BCUT2D eigenvalue weighted by Gasteiger charge is 2.34. The van der Waals surface area contributed by atoms with Gasteiger partial charge in [-0.15, -0.1) is 11.8 Å². The van der Waals surface area contributed by atoms with E-state index in [1.807, 2.05) is 11.8 Å².